The molecule has 20 heavy (non-hydrogen) atoms. The predicted molar refractivity (Wildman–Crippen MR) is 75.9 cm³/mol. The van der Waals surface area contributed by atoms with Crippen LogP contribution < -0.4 is 4.90 Å². The number of hydrogen-bond donors (Lipinski definition) is 1. The third-order valence-electron chi connectivity index (χ3n) is 4.29. The fourth-order valence-corrected chi connectivity index (χ4v) is 3.91. The van der Waals surface area contributed by atoms with Gasteiger partial charge < -0.3 is 10.0 Å². The predicted octanol–water partition coefficient (Wildman–Crippen LogP) is 1.04. The van der Waals surface area contributed by atoms with E-state index in [0.717, 1.165) is 11.3 Å². The van der Waals surface area contributed by atoms with Gasteiger partial charge in [0.15, 0.2) is 9.84 Å². The number of nitrogens with zero attached hydrogens (tertiary/aromatic N) is 1. The van der Waals surface area contributed by atoms with Crippen LogP contribution in [0, 0.1) is 0 Å². The first-order valence-corrected chi connectivity index (χ1v) is 8.54. The lowest BCUT2D eigenvalue weighted by atomic mass is 9.96. The molecule has 0 spiro atoms. The molecule has 3 rings (SSSR count). The number of rotatable bonds is 3. The topological polar surface area (TPSA) is 74.7 Å². The minimum absolute atomic E-state index is 0.188. The van der Waals surface area contributed by atoms with E-state index in [0.29, 0.717) is 25.9 Å². The van der Waals surface area contributed by atoms with Crippen LogP contribution in [-0.4, -0.2) is 44.1 Å². The lowest BCUT2D eigenvalue weighted by Gasteiger charge is -2.29. The molecule has 5 nitrogen and oxygen atoms in total. The van der Waals surface area contributed by atoms with Gasteiger partial charge in [0.2, 0.25) is 0 Å². The average molecular weight is 295 g/mol. The Labute approximate surface area is 118 Å². The number of aliphatic carboxylic acids is 1. The van der Waals surface area contributed by atoms with Crippen molar-refractivity contribution in [1.29, 1.82) is 0 Å². The van der Waals surface area contributed by atoms with Crippen molar-refractivity contribution in [3.05, 3.63) is 29.8 Å². The first-order chi connectivity index (χ1) is 9.43. The van der Waals surface area contributed by atoms with E-state index in [1.54, 1.807) is 0 Å². The highest BCUT2D eigenvalue weighted by molar-refractivity contribution is 7.91. The van der Waals surface area contributed by atoms with Crippen molar-refractivity contribution in [2.75, 3.05) is 29.5 Å². The SMILES string of the molecule is O=C(O)C1(c2ccc(N3CCS(=O)(=O)CC3)cc2)CC1. The molecule has 0 bridgehead atoms. The van der Waals surface area contributed by atoms with Gasteiger partial charge in [-0.3, -0.25) is 4.79 Å². The molecule has 0 radical (unpaired) electrons. The maximum Gasteiger partial charge on any atom is 0.314 e. The van der Waals surface area contributed by atoms with Gasteiger partial charge in [-0.1, -0.05) is 12.1 Å². The summed E-state index contributed by atoms with van der Waals surface area (Å²) in [6.07, 6.45) is 1.40. The third kappa shape index (κ3) is 2.28. The fraction of sp³-hybridized carbons (Fsp3) is 0.500. The summed E-state index contributed by atoms with van der Waals surface area (Å²) in [5, 5.41) is 9.26. The molecule has 1 aromatic rings. The van der Waals surface area contributed by atoms with Crippen molar-refractivity contribution in [2.24, 2.45) is 0 Å². The maximum absolute atomic E-state index is 11.4. The van der Waals surface area contributed by atoms with Crippen LogP contribution in [-0.2, 0) is 20.0 Å². The van der Waals surface area contributed by atoms with Crippen molar-refractivity contribution >= 4 is 21.5 Å². The lowest BCUT2D eigenvalue weighted by Crippen LogP contribution is -2.40. The minimum atomic E-state index is -2.88. The highest BCUT2D eigenvalue weighted by Gasteiger charge is 2.51. The van der Waals surface area contributed by atoms with Gasteiger partial charge in [-0.2, -0.15) is 0 Å². The van der Waals surface area contributed by atoms with Crippen LogP contribution in [0.15, 0.2) is 24.3 Å². The summed E-state index contributed by atoms with van der Waals surface area (Å²) in [5.74, 6) is -0.379. The number of carbonyl (C=O) groups is 1. The normalized spacial score (nSPS) is 23.3. The highest BCUT2D eigenvalue weighted by Crippen LogP contribution is 2.48. The Balaban J connectivity index is 1.76. The van der Waals surface area contributed by atoms with Gasteiger partial charge in [0.1, 0.15) is 0 Å². The number of carboxylic acids is 1. The number of carboxylic acid groups (broad SMARTS) is 1. The van der Waals surface area contributed by atoms with Crippen LogP contribution in [0.1, 0.15) is 18.4 Å². The van der Waals surface area contributed by atoms with Gasteiger partial charge >= 0.3 is 5.97 Å². The molecule has 1 saturated heterocycles. The molecule has 1 saturated carbocycles. The van der Waals surface area contributed by atoms with Crippen LogP contribution >= 0.6 is 0 Å². The van der Waals surface area contributed by atoms with Crippen LogP contribution in [0.3, 0.4) is 0 Å². The van der Waals surface area contributed by atoms with Crippen molar-refractivity contribution in [3.63, 3.8) is 0 Å². The van der Waals surface area contributed by atoms with Gasteiger partial charge in [0.25, 0.3) is 0 Å². The Kier molecular flexibility index (Phi) is 3.01. The summed E-state index contributed by atoms with van der Waals surface area (Å²) in [6.45, 7) is 1.01. The van der Waals surface area contributed by atoms with E-state index in [1.807, 2.05) is 29.2 Å². The molecule has 1 N–H and O–H groups in total. The highest BCUT2D eigenvalue weighted by atomic mass is 32.2. The molecule has 0 amide bonds. The molecule has 6 heteroatoms. The Bertz CT molecular complexity index is 618. The van der Waals surface area contributed by atoms with Gasteiger partial charge in [-0.05, 0) is 30.5 Å². The van der Waals surface area contributed by atoms with E-state index in [2.05, 4.69) is 0 Å². The fourth-order valence-electron chi connectivity index (χ4n) is 2.71. The molecule has 2 fully saturated rings. The van der Waals surface area contributed by atoms with Gasteiger partial charge in [0.05, 0.1) is 16.9 Å². The number of hydrogen-bond acceptors (Lipinski definition) is 4. The minimum Gasteiger partial charge on any atom is -0.481 e. The van der Waals surface area contributed by atoms with Crippen molar-refractivity contribution in [3.8, 4) is 0 Å². The molecule has 1 heterocycles. The van der Waals surface area contributed by atoms with E-state index in [9.17, 15) is 18.3 Å². The van der Waals surface area contributed by atoms with E-state index >= 15 is 0 Å². The zero-order chi connectivity index (χ0) is 14.4. The van der Waals surface area contributed by atoms with E-state index in [-0.39, 0.29) is 11.5 Å². The van der Waals surface area contributed by atoms with Crippen LogP contribution in [0.25, 0.3) is 0 Å². The maximum atomic E-state index is 11.4. The second-order valence-electron chi connectivity index (χ2n) is 5.57. The molecule has 1 aliphatic heterocycles. The molecular formula is C14H17NO4S. The van der Waals surface area contributed by atoms with E-state index < -0.39 is 21.2 Å². The van der Waals surface area contributed by atoms with Gasteiger partial charge in [-0.15, -0.1) is 0 Å². The number of sulfone groups is 1. The van der Waals surface area contributed by atoms with E-state index in [1.165, 1.54) is 0 Å². The molecule has 0 atom stereocenters. The quantitative estimate of drug-likeness (QED) is 0.901. The van der Waals surface area contributed by atoms with E-state index in [4.69, 9.17) is 0 Å². The molecule has 0 unspecified atom stereocenters. The first-order valence-electron chi connectivity index (χ1n) is 6.72. The van der Waals surface area contributed by atoms with Crippen LogP contribution in [0.2, 0.25) is 0 Å². The summed E-state index contributed by atoms with van der Waals surface area (Å²) in [6, 6.07) is 7.52. The van der Waals surface area contributed by atoms with Gasteiger partial charge in [-0.25, -0.2) is 8.42 Å². The second kappa shape index (κ2) is 4.48. The van der Waals surface area contributed by atoms with Crippen molar-refractivity contribution in [2.45, 2.75) is 18.3 Å². The average Bonchev–Trinajstić information content (AvgIpc) is 3.20. The molecule has 1 aliphatic carbocycles. The zero-order valence-electron chi connectivity index (χ0n) is 11.1. The van der Waals surface area contributed by atoms with Crippen LogP contribution in [0.5, 0.6) is 0 Å². The Morgan fingerprint density at radius 1 is 1.10 bits per heavy atom. The molecule has 0 aromatic heterocycles. The summed E-state index contributed by atoms with van der Waals surface area (Å²) < 4.78 is 22.8. The van der Waals surface area contributed by atoms with Crippen molar-refractivity contribution < 1.29 is 18.3 Å². The summed E-state index contributed by atoms with van der Waals surface area (Å²) >= 11 is 0. The van der Waals surface area contributed by atoms with Crippen LogP contribution in [0.4, 0.5) is 5.69 Å². The van der Waals surface area contributed by atoms with Crippen molar-refractivity contribution in [1.82, 2.24) is 0 Å². The first kappa shape index (κ1) is 13.4. The Morgan fingerprint density at radius 2 is 1.65 bits per heavy atom. The Hall–Kier alpha value is -1.56. The summed E-state index contributed by atoms with van der Waals surface area (Å²) in [4.78, 5) is 13.3. The summed E-state index contributed by atoms with van der Waals surface area (Å²) in [7, 11) is -2.88. The lowest BCUT2D eigenvalue weighted by molar-refractivity contribution is -0.140. The largest absolute Gasteiger partial charge is 0.481 e. The molecule has 2 aliphatic rings. The molecule has 108 valence electrons. The second-order valence-corrected chi connectivity index (χ2v) is 7.88. The third-order valence-corrected chi connectivity index (χ3v) is 5.90. The van der Waals surface area contributed by atoms with Gasteiger partial charge in [0, 0.05) is 18.8 Å². The number of benzene rings is 1. The zero-order valence-corrected chi connectivity index (χ0v) is 11.9. The summed E-state index contributed by atoms with van der Waals surface area (Å²) in [5.41, 5.74) is 1.13. The number of anilines is 1. The molecule has 1 aromatic carbocycles. The monoisotopic (exact) mass is 295 g/mol. The smallest absolute Gasteiger partial charge is 0.314 e. The molecular weight excluding hydrogens is 278 g/mol. The standard InChI is InChI=1S/C14H17NO4S/c16-13(17)14(5-6-14)11-1-3-12(4-2-11)15-7-9-20(18,19)10-8-15/h1-4H,5-10H2,(H,16,17). The Morgan fingerprint density at radius 3 is 2.10 bits per heavy atom.